The molecule has 100 valence electrons. The lowest BCUT2D eigenvalue weighted by Gasteiger charge is -2.13. The van der Waals surface area contributed by atoms with Crippen LogP contribution < -0.4 is 0 Å². The fraction of sp³-hybridized carbons (Fsp3) is 0.143. The number of carbonyl (C=O) groups is 2. The topological polar surface area (TPSA) is 55.8 Å². The predicted molar refractivity (Wildman–Crippen MR) is 70.5 cm³/mol. The van der Waals surface area contributed by atoms with Crippen LogP contribution >= 0.6 is 0 Å². The number of hydrogen-bond donors (Lipinski definition) is 0. The predicted octanol–water partition coefficient (Wildman–Crippen LogP) is 1.67. The number of rotatable bonds is 4. The van der Waals surface area contributed by atoms with E-state index in [1.807, 2.05) is 12.2 Å². The number of carbonyl (C=O) groups excluding carboxylic acids is 2. The molecule has 0 atom stereocenters. The van der Waals surface area contributed by atoms with Crippen molar-refractivity contribution in [3.8, 4) is 0 Å². The Bertz CT molecular complexity index is 468. The molecule has 0 saturated carbocycles. The summed E-state index contributed by atoms with van der Waals surface area (Å²) in [6.45, 7) is 0. The molecule has 1 heterocycles. The Morgan fingerprint density at radius 3 is 2.21 bits per heavy atom. The van der Waals surface area contributed by atoms with E-state index < -0.39 is 11.9 Å². The molecule has 1 aliphatic heterocycles. The first-order chi connectivity index (χ1) is 9.15. The summed E-state index contributed by atoms with van der Waals surface area (Å²) in [6, 6.07) is 0. The van der Waals surface area contributed by atoms with Gasteiger partial charge in [-0.05, 0) is 17.7 Å². The molecule has 0 amide bonds. The van der Waals surface area contributed by atoms with Crippen molar-refractivity contribution in [2.24, 2.45) is 0 Å². The van der Waals surface area contributed by atoms with Gasteiger partial charge >= 0.3 is 11.9 Å². The smallest absolute Gasteiger partial charge is 0.331 e. The lowest BCUT2D eigenvalue weighted by molar-refractivity contribution is -0.135. The molecule has 0 fully saturated rings. The van der Waals surface area contributed by atoms with E-state index in [1.165, 1.54) is 26.4 Å². The largest absolute Gasteiger partial charge is 0.466 e. The molecule has 1 aliphatic rings. The second-order valence-corrected chi connectivity index (χ2v) is 3.47. The SMILES string of the molecule is COC(=O)/C=C/C=C1C=CN(/C=C/C(=O)OC)C=C1. The molecule has 5 nitrogen and oxygen atoms in total. The summed E-state index contributed by atoms with van der Waals surface area (Å²) in [7, 11) is 2.65. The Hall–Kier alpha value is -2.56. The minimum atomic E-state index is -0.413. The molecule has 0 aromatic rings. The highest BCUT2D eigenvalue weighted by atomic mass is 16.5. The van der Waals surface area contributed by atoms with E-state index in [0.29, 0.717) is 0 Å². The third kappa shape index (κ3) is 5.54. The van der Waals surface area contributed by atoms with E-state index in [4.69, 9.17) is 0 Å². The second-order valence-electron chi connectivity index (χ2n) is 3.47. The lowest BCUT2D eigenvalue weighted by atomic mass is 10.2. The van der Waals surface area contributed by atoms with Gasteiger partial charge in [-0.1, -0.05) is 12.2 Å². The van der Waals surface area contributed by atoms with Crippen LogP contribution in [0.2, 0.25) is 0 Å². The highest BCUT2D eigenvalue weighted by Crippen LogP contribution is 2.09. The molecule has 0 spiro atoms. The molecule has 0 aromatic carbocycles. The number of nitrogens with zero attached hydrogens (tertiary/aromatic N) is 1. The van der Waals surface area contributed by atoms with Crippen molar-refractivity contribution in [3.63, 3.8) is 0 Å². The van der Waals surface area contributed by atoms with Crippen LogP contribution in [0.4, 0.5) is 0 Å². The summed E-state index contributed by atoms with van der Waals surface area (Å²) >= 11 is 0. The van der Waals surface area contributed by atoms with E-state index in [9.17, 15) is 9.59 Å². The molecule has 0 N–H and O–H groups in total. The summed E-state index contributed by atoms with van der Waals surface area (Å²) in [5.74, 6) is -0.813. The van der Waals surface area contributed by atoms with E-state index in [0.717, 1.165) is 5.57 Å². The van der Waals surface area contributed by atoms with Crippen LogP contribution in [0.25, 0.3) is 0 Å². The van der Waals surface area contributed by atoms with Gasteiger partial charge < -0.3 is 14.4 Å². The monoisotopic (exact) mass is 261 g/mol. The third-order valence-electron chi connectivity index (χ3n) is 2.18. The Morgan fingerprint density at radius 1 is 1.05 bits per heavy atom. The lowest BCUT2D eigenvalue weighted by Crippen LogP contribution is -2.05. The summed E-state index contributed by atoms with van der Waals surface area (Å²) in [5, 5.41) is 0. The average molecular weight is 261 g/mol. The number of hydrogen-bond acceptors (Lipinski definition) is 5. The van der Waals surface area contributed by atoms with Gasteiger partial charge in [-0.3, -0.25) is 0 Å². The minimum Gasteiger partial charge on any atom is -0.466 e. The van der Waals surface area contributed by atoms with Crippen LogP contribution in [0, 0.1) is 0 Å². The summed E-state index contributed by atoms with van der Waals surface area (Å²) < 4.78 is 8.95. The van der Waals surface area contributed by atoms with Crippen molar-refractivity contribution < 1.29 is 19.1 Å². The summed E-state index contributed by atoms with van der Waals surface area (Å²) in [5.41, 5.74) is 0.919. The fourth-order valence-corrected chi connectivity index (χ4v) is 1.18. The van der Waals surface area contributed by atoms with Gasteiger partial charge in [0.15, 0.2) is 0 Å². The zero-order chi connectivity index (χ0) is 14.1. The Labute approximate surface area is 111 Å². The molecule has 1 rings (SSSR count). The first kappa shape index (κ1) is 14.5. The van der Waals surface area contributed by atoms with Gasteiger partial charge in [0.05, 0.1) is 14.2 Å². The van der Waals surface area contributed by atoms with E-state index in [-0.39, 0.29) is 0 Å². The number of ether oxygens (including phenoxy) is 2. The van der Waals surface area contributed by atoms with Gasteiger partial charge in [-0.15, -0.1) is 0 Å². The highest BCUT2D eigenvalue weighted by molar-refractivity contribution is 5.82. The molecule has 0 unspecified atom stereocenters. The van der Waals surface area contributed by atoms with Gasteiger partial charge in [0.1, 0.15) is 0 Å². The second kappa shape index (κ2) is 7.71. The van der Waals surface area contributed by atoms with Crippen LogP contribution in [0.5, 0.6) is 0 Å². The molecule has 0 radical (unpaired) electrons. The van der Waals surface area contributed by atoms with Gasteiger partial charge in [0.25, 0.3) is 0 Å². The van der Waals surface area contributed by atoms with Gasteiger partial charge in [-0.25, -0.2) is 9.59 Å². The first-order valence-corrected chi connectivity index (χ1v) is 5.52. The molecule has 19 heavy (non-hydrogen) atoms. The maximum atomic E-state index is 10.9. The molecular formula is C14H15NO4. The first-order valence-electron chi connectivity index (χ1n) is 5.52. The number of esters is 2. The molecule has 0 bridgehead atoms. The highest BCUT2D eigenvalue weighted by Gasteiger charge is 1.98. The zero-order valence-corrected chi connectivity index (χ0v) is 10.8. The van der Waals surface area contributed by atoms with Crippen molar-refractivity contribution >= 4 is 11.9 Å². The standard InChI is InChI=1S/C14H15NO4/c1-18-13(16)5-3-4-12-6-9-15(10-7-12)11-8-14(17)19-2/h3-11H,1-2H3/b5-3+,11-8+. The fourth-order valence-electron chi connectivity index (χ4n) is 1.18. The van der Waals surface area contributed by atoms with Crippen molar-refractivity contribution in [2.45, 2.75) is 0 Å². The van der Waals surface area contributed by atoms with Crippen LogP contribution in [0.3, 0.4) is 0 Å². The van der Waals surface area contributed by atoms with E-state index in [1.54, 1.807) is 35.7 Å². The van der Waals surface area contributed by atoms with Gasteiger partial charge in [-0.2, -0.15) is 0 Å². The third-order valence-corrected chi connectivity index (χ3v) is 2.18. The van der Waals surface area contributed by atoms with Crippen molar-refractivity contribution in [3.05, 3.63) is 60.6 Å². The van der Waals surface area contributed by atoms with E-state index >= 15 is 0 Å². The quantitative estimate of drug-likeness (QED) is 0.569. The van der Waals surface area contributed by atoms with Crippen molar-refractivity contribution in [1.82, 2.24) is 4.90 Å². The molecule has 5 heteroatoms. The molecule has 0 aliphatic carbocycles. The van der Waals surface area contributed by atoms with Crippen LogP contribution in [-0.4, -0.2) is 31.1 Å². The maximum Gasteiger partial charge on any atom is 0.331 e. The van der Waals surface area contributed by atoms with Crippen LogP contribution in [0.1, 0.15) is 0 Å². The van der Waals surface area contributed by atoms with Crippen molar-refractivity contribution in [1.29, 1.82) is 0 Å². The Balaban J connectivity index is 2.55. The Morgan fingerprint density at radius 2 is 1.63 bits per heavy atom. The van der Waals surface area contributed by atoms with Gasteiger partial charge in [0.2, 0.25) is 0 Å². The normalized spacial score (nSPS) is 14.2. The number of allylic oxidation sites excluding steroid dienone is 5. The molecule has 0 saturated heterocycles. The molecule has 0 aromatic heterocycles. The van der Waals surface area contributed by atoms with E-state index in [2.05, 4.69) is 9.47 Å². The van der Waals surface area contributed by atoms with Crippen molar-refractivity contribution in [2.75, 3.05) is 14.2 Å². The van der Waals surface area contributed by atoms with Crippen LogP contribution in [0.15, 0.2) is 60.6 Å². The maximum absolute atomic E-state index is 10.9. The van der Waals surface area contributed by atoms with Crippen LogP contribution in [-0.2, 0) is 19.1 Å². The van der Waals surface area contributed by atoms with Gasteiger partial charge in [0, 0.05) is 30.8 Å². The average Bonchev–Trinajstić information content (AvgIpc) is 2.45. The zero-order valence-electron chi connectivity index (χ0n) is 10.8. The number of methoxy groups -OCH3 is 2. The molecular weight excluding hydrogens is 246 g/mol. The Kier molecular flexibility index (Phi) is 5.88. The summed E-state index contributed by atoms with van der Waals surface area (Å²) in [4.78, 5) is 23.5. The summed E-state index contributed by atoms with van der Waals surface area (Å²) in [6.07, 6.45) is 14.8. The minimum absolute atomic E-state index is 0.400.